The Labute approximate surface area is 55.9 Å². The molecule has 34 valence electrons. The zero-order valence-corrected chi connectivity index (χ0v) is 7.01. The van der Waals surface area contributed by atoms with E-state index >= 15 is 0 Å². The first-order valence-corrected chi connectivity index (χ1v) is 2.65. The summed E-state index contributed by atoms with van der Waals surface area (Å²) >= 11 is 1.78. The second kappa shape index (κ2) is 3.88. The molecular formula is C3H5NSW. The first-order chi connectivity index (χ1) is 2.50. The average molecular weight is 271 g/mol. The van der Waals surface area contributed by atoms with Crippen molar-refractivity contribution in [2.75, 3.05) is 12.3 Å². The summed E-state index contributed by atoms with van der Waals surface area (Å²) in [6.45, 7) is 1.03. The molecule has 0 N–H and O–H groups in total. The Kier molecular flexibility index (Phi) is 4.34. The van der Waals surface area contributed by atoms with Crippen molar-refractivity contribution in [3.63, 3.8) is 0 Å². The molecule has 0 saturated heterocycles. The summed E-state index contributed by atoms with van der Waals surface area (Å²) in [6, 6.07) is 0. The van der Waals surface area contributed by atoms with Crippen LogP contribution in [0.25, 0.3) is 0 Å². The normalized spacial score (nSPS) is 17.3. The van der Waals surface area contributed by atoms with E-state index in [4.69, 9.17) is 0 Å². The number of nitrogens with zero attached hydrogens (tertiary/aromatic N) is 1. The largest absolute Gasteiger partial charge is 0.285 e. The fraction of sp³-hybridized carbons (Fsp3) is 0.667. The van der Waals surface area contributed by atoms with E-state index in [-0.39, 0.29) is 21.1 Å². The van der Waals surface area contributed by atoms with Crippen LogP contribution in [0.2, 0.25) is 0 Å². The summed E-state index contributed by atoms with van der Waals surface area (Å²) in [4.78, 5) is 3.92. The van der Waals surface area contributed by atoms with Crippen molar-refractivity contribution >= 4 is 17.3 Å². The minimum atomic E-state index is 0. The van der Waals surface area contributed by atoms with Crippen molar-refractivity contribution in [3.05, 3.63) is 0 Å². The first-order valence-electron chi connectivity index (χ1n) is 1.60. The predicted molar refractivity (Wildman–Crippen MR) is 25.8 cm³/mol. The summed E-state index contributed by atoms with van der Waals surface area (Å²) in [7, 11) is 0. The first kappa shape index (κ1) is 6.71. The van der Waals surface area contributed by atoms with Crippen molar-refractivity contribution in [2.45, 2.75) is 0 Å². The van der Waals surface area contributed by atoms with Crippen LogP contribution in [-0.4, -0.2) is 17.8 Å². The van der Waals surface area contributed by atoms with Gasteiger partial charge in [-0.2, -0.15) is 0 Å². The Morgan fingerprint density at radius 1 is 1.67 bits per heavy atom. The summed E-state index contributed by atoms with van der Waals surface area (Å²) < 4.78 is 0. The van der Waals surface area contributed by atoms with E-state index in [1.54, 1.807) is 11.8 Å². The van der Waals surface area contributed by atoms with Gasteiger partial charge in [0.1, 0.15) is 0 Å². The van der Waals surface area contributed by atoms with Gasteiger partial charge in [0.05, 0.1) is 5.55 Å². The van der Waals surface area contributed by atoms with E-state index in [2.05, 4.69) is 4.99 Å². The smallest absolute Gasteiger partial charge is 0.0542 e. The maximum atomic E-state index is 3.92. The molecule has 0 bridgehead atoms. The summed E-state index contributed by atoms with van der Waals surface area (Å²) in [5, 5.41) is 0. The summed E-state index contributed by atoms with van der Waals surface area (Å²) in [5.74, 6) is 1.19. The molecule has 1 aliphatic heterocycles. The van der Waals surface area contributed by atoms with E-state index in [1.807, 2.05) is 5.55 Å². The molecule has 0 aliphatic carbocycles. The number of aliphatic imine (C=N–C) groups is 1. The Morgan fingerprint density at radius 2 is 2.50 bits per heavy atom. The topological polar surface area (TPSA) is 12.4 Å². The van der Waals surface area contributed by atoms with Gasteiger partial charge in [-0.1, -0.05) is 0 Å². The number of thioether (sulfide) groups is 1. The van der Waals surface area contributed by atoms with Crippen LogP contribution in [0.15, 0.2) is 4.99 Å². The Hall–Kier alpha value is 0.708. The molecule has 0 aromatic rings. The maximum absolute atomic E-state index is 3.92. The Morgan fingerprint density at radius 3 is 2.67 bits per heavy atom. The molecule has 0 fully saturated rings. The second-order valence-electron chi connectivity index (χ2n) is 0.882. The van der Waals surface area contributed by atoms with Crippen LogP contribution in [0.3, 0.4) is 0 Å². The molecule has 0 atom stereocenters. The van der Waals surface area contributed by atoms with Gasteiger partial charge in [0, 0.05) is 33.4 Å². The van der Waals surface area contributed by atoms with E-state index in [0.29, 0.717) is 0 Å². The summed E-state index contributed by atoms with van der Waals surface area (Å²) in [5.41, 5.74) is 1.90. The number of hydrogen-bond donors (Lipinski definition) is 0. The molecule has 1 nitrogen and oxygen atoms in total. The van der Waals surface area contributed by atoms with Crippen LogP contribution >= 0.6 is 11.8 Å². The van der Waals surface area contributed by atoms with Gasteiger partial charge in [0.15, 0.2) is 0 Å². The fourth-order valence-corrected chi connectivity index (χ4v) is 0.791. The molecule has 0 aromatic carbocycles. The van der Waals surface area contributed by atoms with E-state index in [1.165, 1.54) is 5.75 Å². The zero-order valence-electron chi connectivity index (χ0n) is 3.26. The van der Waals surface area contributed by atoms with Crippen molar-refractivity contribution in [2.24, 2.45) is 4.99 Å². The SMILES string of the molecule is C1=NCCS1.[W]. The third kappa shape index (κ3) is 1.99. The molecule has 0 spiro atoms. The minimum Gasteiger partial charge on any atom is -0.285 e. The standard InChI is InChI=1S/C3H5NS.W/c1-2-5-3-4-1;/h3H,1-2H2;. The van der Waals surface area contributed by atoms with Gasteiger partial charge in [-0.3, -0.25) is 4.99 Å². The third-order valence-corrected chi connectivity index (χ3v) is 1.20. The number of rotatable bonds is 0. The van der Waals surface area contributed by atoms with E-state index < -0.39 is 0 Å². The third-order valence-electron chi connectivity index (χ3n) is 0.487. The molecule has 0 aromatic heterocycles. The Bertz CT molecular complexity index is 48.8. The molecule has 0 radical (unpaired) electrons. The van der Waals surface area contributed by atoms with Crippen molar-refractivity contribution in [1.29, 1.82) is 0 Å². The van der Waals surface area contributed by atoms with Gasteiger partial charge >= 0.3 is 0 Å². The molecule has 0 saturated carbocycles. The van der Waals surface area contributed by atoms with Gasteiger partial charge in [0.2, 0.25) is 0 Å². The zero-order chi connectivity index (χ0) is 3.54. The predicted octanol–water partition coefficient (Wildman–Crippen LogP) is 0.759. The van der Waals surface area contributed by atoms with E-state index in [9.17, 15) is 0 Å². The average Bonchev–Trinajstić information content (AvgIpc) is 1.76. The van der Waals surface area contributed by atoms with Crippen LogP contribution in [0.5, 0.6) is 0 Å². The van der Waals surface area contributed by atoms with Gasteiger partial charge in [-0.25, -0.2) is 0 Å². The Balaban J connectivity index is 0.000000250. The maximum Gasteiger partial charge on any atom is 0.0542 e. The molecule has 3 heteroatoms. The molecular weight excluding hydrogens is 266 g/mol. The molecule has 1 rings (SSSR count). The van der Waals surface area contributed by atoms with Crippen molar-refractivity contribution in [3.8, 4) is 0 Å². The van der Waals surface area contributed by atoms with Gasteiger partial charge in [-0.05, 0) is 0 Å². The van der Waals surface area contributed by atoms with Crippen LogP contribution in [-0.2, 0) is 21.1 Å². The fourth-order valence-electron chi connectivity index (χ4n) is 0.264. The molecule has 6 heavy (non-hydrogen) atoms. The van der Waals surface area contributed by atoms with E-state index in [0.717, 1.165) is 6.54 Å². The molecule has 0 unspecified atom stereocenters. The van der Waals surface area contributed by atoms with Gasteiger partial charge in [0.25, 0.3) is 0 Å². The van der Waals surface area contributed by atoms with Crippen LogP contribution in [0.1, 0.15) is 0 Å². The van der Waals surface area contributed by atoms with Crippen LogP contribution < -0.4 is 0 Å². The van der Waals surface area contributed by atoms with Gasteiger partial charge < -0.3 is 0 Å². The van der Waals surface area contributed by atoms with Crippen LogP contribution in [0.4, 0.5) is 0 Å². The number of hydrogen-bond acceptors (Lipinski definition) is 2. The van der Waals surface area contributed by atoms with Crippen molar-refractivity contribution < 1.29 is 21.1 Å². The van der Waals surface area contributed by atoms with Gasteiger partial charge in [-0.15, -0.1) is 11.8 Å². The molecule has 1 aliphatic rings. The monoisotopic (exact) mass is 271 g/mol. The quantitative estimate of drug-likeness (QED) is 0.633. The second-order valence-corrected chi connectivity index (χ2v) is 1.83. The minimum absolute atomic E-state index is 0. The van der Waals surface area contributed by atoms with Crippen LogP contribution in [0, 0.1) is 0 Å². The summed E-state index contributed by atoms with van der Waals surface area (Å²) in [6.07, 6.45) is 0. The molecule has 0 amide bonds. The molecule has 1 heterocycles. The van der Waals surface area contributed by atoms with Crippen molar-refractivity contribution in [1.82, 2.24) is 0 Å².